The zero-order valence-corrected chi connectivity index (χ0v) is 8.51. The van der Waals surface area contributed by atoms with E-state index in [1.165, 1.54) is 4.57 Å². The van der Waals surface area contributed by atoms with Crippen LogP contribution in [0.15, 0.2) is 23.1 Å². The molecular formula is C10H12FN3O2. The summed E-state index contributed by atoms with van der Waals surface area (Å²) in [6.45, 7) is 0.0205. The Morgan fingerprint density at radius 2 is 2.38 bits per heavy atom. The number of anilines is 1. The van der Waals surface area contributed by atoms with Gasteiger partial charge in [-0.3, -0.25) is 4.57 Å². The summed E-state index contributed by atoms with van der Waals surface area (Å²) in [5, 5.41) is 8.95. The van der Waals surface area contributed by atoms with E-state index in [-0.39, 0.29) is 24.4 Å². The van der Waals surface area contributed by atoms with E-state index < -0.39 is 11.5 Å². The van der Waals surface area contributed by atoms with Gasteiger partial charge in [0.1, 0.15) is 0 Å². The van der Waals surface area contributed by atoms with Crippen LogP contribution >= 0.6 is 0 Å². The maximum atomic E-state index is 13.2. The first-order valence-electron chi connectivity index (χ1n) is 4.95. The Bertz CT molecular complexity index is 483. The summed E-state index contributed by atoms with van der Waals surface area (Å²) < 4.78 is 14.4. The van der Waals surface area contributed by atoms with Crippen molar-refractivity contribution >= 4 is 5.82 Å². The largest absolute Gasteiger partial charge is 0.396 e. The van der Waals surface area contributed by atoms with Crippen LogP contribution in [0.4, 0.5) is 10.2 Å². The summed E-state index contributed by atoms with van der Waals surface area (Å²) in [4.78, 5) is 14.9. The molecule has 3 N–H and O–H groups in total. The Labute approximate surface area is 91.0 Å². The first-order valence-corrected chi connectivity index (χ1v) is 4.95. The van der Waals surface area contributed by atoms with E-state index in [1.54, 1.807) is 6.08 Å². The van der Waals surface area contributed by atoms with E-state index in [4.69, 9.17) is 10.8 Å². The Morgan fingerprint density at radius 3 is 3.00 bits per heavy atom. The van der Waals surface area contributed by atoms with Gasteiger partial charge in [-0.2, -0.15) is 4.98 Å². The first kappa shape index (κ1) is 10.8. The second kappa shape index (κ2) is 4.05. The number of nitrogen functional groups attached to an aromatic ring is 1. The Hall–Kier alpha value is -1.69. The van der Waals surface area contributed by atoms with Crippen molar-refractivity contribution in [3.63, 3.8) is 0 Å². The molecule has 1 heterocycles. The molecule has 0 fully saturated rings. The average molecular weight is 225 g/mol. The Kier molecular flexibility index (Phi) is 2.74. The predicted octanol–water partition coefficient (Wildman–Crippen LogP) is 0.0741. The van der Waals surface area contributed by atoms with Crippen molar-refractivity contribution < 1.29 is 9.50 Å². The molecule has 0 spiro atoms. The number of hydrogen-bond acceptors (Lipinski definition) is 4. The normalized spacial score (nSPS) is 23.9. The monoisotopic (exact) mass is 225 g/mol. The van der Waals surface area contributed by atoms with Crippen molar-refractivity contribution in [2.75, 3.05) is 12.3 Å². The highest BCUT2D eigenvalue weighted by Gasteiger charge is 2.21. The van der Waals surface area contributed by atoms with Gasteiger partial charge < -0.3 is 10.8 Å². The summed E-state index contributed by atoms with van der Waals surface area (Å²) in [5.74, 6) is -1.08. The van der Waals surface area contributed by atoms with Gasteiger partial charge in [-0.05, 0) is 6.42 Å². The SMILES string of the molecule is Nc1nc(=O)n([C@@H]2C=C[C@H](CO)C2)cc1F. The van der Waals surface area contributed by atoms with Gasteiger partial charge in [0, 0.05) is 18.7 Å². The van der Waals surface area contributed by atoms with Crippen molar-refractivity contribution in [3.05, 3.63) is 34.7 Å². The lowest BCUT2D eigenvalue weighted by molar-refractivity contribution is 0.243. The number of hydrogen-bond donors (Lipinski definition) is 2. The number of aliphatic hydroxyl groups is 1. The molecule has 6 heteroatoms. The van der Waals surface area contributed by atoms with E-state index in [1.807, 2.05) is 6.08 Å². The van der Waals surface area contributed by atoms with Crippen molar-refractivity contribution in [3.8, 4) is 0 Å². The summed E-state index contributed by atoms with van der Waals surface area (Å²) >= 11 is 0. The summed E-state index contributed by atoms with van der Waals surface area (Å²) in [6.07, 6.45) is 5.20. The second-order valence-electron chi connectivity index (χ2n) is 3.79. The molecule has 1 aliphatic carbocycles. The molecule has 86 valence electrons. The van der Waals surface area contributed by atoms with Crippen molar-refractivity contribution in [1.29, 1.82) is 0 Å². The summed E-state index contributed by atoms with van der Waals surface area (Å²) in [5.41, 5.74) is 4.61. The van der Waals surface area contributed by atoms with Gasteiger partial charge in [-0.25, -0.2) is 9.18 Å². The highest BCUT2D eigenvalue weighted by Crippen LogP contribution is 2.26. The number of halogens is 1. The van der Waals surface area contributed by atoms with E-state index >= 15 is 0 Å². The third-order valence-corrected chi connectivity index (χ3v) is 2.68. The Morgan fingerprint density at radius 1 is 1.62 bits per heavy atom. The van der Waals surface area contributed by atoms with Crippen LogP contribution in [0, 0.1) is 11.7 Å². The number of nitrogens with zero attached hydrogens (tertiary/aromatic N) is 2. The number of allylic oxidation sites excluding steroid dienone is 1. The fourth-order valence-electron chi connectivity index (χ4n) is 1.79. The van der Waals surface area contributed by atoms with Crippen LogP contribution in [0.2, 0.25) is 0 Å². The smallest absolute Gasteiger partial charge is 0.350 e. The van der Waals surface area contributed by atoms with E-state index in [0.717, 1.165) is 6.20 Å². The van der Waals surface area contributed by atoms with Crippen LogP contribution in [-0.4, -0.2) is 21.3 Å². The zero-order valence-electron chi connectivity index (χ0n) is 8.51. The highest BCUT2D eigenvalue weighted by molar-refractivity contribution is 5.27. The van der Waals surface area contributed by atoms with Crippen molar-refractivity contribution in [2.24, 2.45) is 5.92 Å². The summed E-state index contributed by atoms with van der Waals surface area (Å²) in [6, 6.07) is -0.257. The third-order valence-electron chi connectivity index (χ3n) is 2.68. The average Bonchev–Trinajstić information content (AvgIpc) is 2.71. The molecule has 2 rings (SSSR count). The third kappa shape index (κ3) is 1.83. The van der Waals surface area contributed by atoms with Gasteiger partial charge in [0.15, 0.2) is 11.6 Å². The molecule has 0 saturated carbocycles. The molecule has 5 nitrogen and oxygen atoms in total. The van der Waals surface area contributed by atoms with Gasteiger partial charge >= 0.3 is 5.69 Å². The molecule has 0 aromatic carbocycles. The van der Waals surface area contributed by atoms with Crippen molar-refractivity contribution in [1.82, 2.24) is 9.55 Å². The van der Waals surface area contributed by atoms with E-state index in [9.17, 15) is 9.18 Å². The van der Waals surface area contributed by atoms with Gasteiger partial charge in [0.25, 0.3) is 0 Å². The fourth-order valence-corrected chi connectivity index (χ4v) is 1.79. The molecule has 2 atom stereocenters. The number of aliphatic hydroxyl groups excluding tert-OH is 1. The standard InChI is InChI=1S/C10H12FN3O2/c11-8-4-14(10(16)13-9(8)12)7-2-1-6(3-7)5-15/h1-2,4,6-7,15H,3,5H2,(H2,12,13,16)/t6-,7+/m0/s1. The quantitative estimate of drug-likeness (QED) is 0.698. The van der Waals surface area contributed by atoms with Crippen LogP contribution in [0.5, 0.6) is 0 Å². The van der Waals surface area contributed by atoms with Crippen LogP contribution < -0.4 is 11.4 Å². The molecule has 0 aliphatic heterocycles. The van der Waals surface area contributed by atoms with Crippen LogP contribution in [0.1, 0.15) is 12.5 Å². The lowest BCUT2D eigenvalue weighted by Crippen LogP contribution is -2.27. The molecule has 1 aromatic heterocycles. The Balaban J connectivity index is 2.33. The maximum Gasteiger partial charge on any atom is 0.350 e. The molecule has 1 aliphatic rings. The zero-order chi connectivity index (χ0) is 11.7. The molecule has 16 heavy (non-hydrogen) atoms. The molecule has 0 saturated heterocycles. The van der Waals surface area contributed by atoms with Crippen LogP contribution in [0.25, 0.3) is 0 Å². The molecule has 0 unspecified atom stereocenters. The van der Waals surface area contributed by atoms with Crippen LogP contribution in [0.3, 0.4) is 0 Å². The number of aromatic nitrogens is 2. The minimum atomic E-state index is -0.708. The number of nitrogens with two attached hydrogens (primary N) is 1. The molecule has 0 amide bonds. The minimum Gasteiger partial charge on any atom is -0.396 e. The van der Waals surface area contributed by atoms with Gasteiger partial charge in [0.05, 0.1) is 6.04 Å². The first-order chi connectivity index (χ1) is 7.61. The van der Waals surface area contributed by atoms with Gasteiger partial charge in [-0.1, -0.05) is 12.2 Å². The molecule has 0 bridgehead atoms. The molecule has 1 aromatic rings. The fraction of sp³-hybridized carbons (Fsp3) is 0.400. The number of rotatable bonds is 2. The van der Waals surface area contributed by atoms with Gasteiger partial charge in [0.2, 0.25) is 0 Å². The highest BCUT2D eigenvalue weighted by atomic mass is 19.1. The van der Waals surface area contributed by atoms with E-state index in [0.29, 0.717) is 6.42 Å². The minimum absolute atomic E-state index is 0.0116. The summed E-state index contributed by atoms with van der Waals surface area (Å²) in [7, 11) is 0. The van der Waals surface area contributed by atoms with Crippen LogP contribution in [-0.2, 0) is 0 Å². The lowest BCUT2D eigenvalue weighted by Gasteiger charge is -2.13. The maximum absolute atomic E-state index is 13.2. The van der Waals surface area contributed by atoms with Crippen molar-refractivity contribution in [2.45, 2.75) is 12.5 Å². The second-order valence-corrected chi connectivity index (χ2v) is 3.79. The molecular weight excluding hydrogens is 213 g/mol. The lowest BCUT2D eigenvalue weighted by atomic mass is 10.1. The van der Waals surface area contributed by atoms with Gasteiger partial charge in [-0.15, -0.1) is 0 Å². The predicted molar refractivity (Wildman–Crippen MR) is 56.2 cm³/mol. The van der Waals surface area contributed by atoms with E-state index in [2.05, 4.69) is 4.98 Å². The molecule has 0 radical (unpaired) electrons. The topological polar surface area (TPSA) is 81.1 Å².